The van der Waals surface area contributed by atoms with Crippen LogP contribution < -0.4 is 0 Å². The minimum Gasteiger partial charge on any atom is -0.480 e. The Balaban J connectivity index is 2.81. The molecule has 1 rings (SSSR count). The molecule has 0 radical (unpaired) electrons. The zero-order chi connectivity index (χ0) is 12.1. The normalized spacial score (nSPS) is 9.81. The summed E-state index contributed by atoms with van der Waals surface area (Å²) in [5, 5.41) is 10.4. The number of halogens is 1. The lowest BCUT2D eigenvalue weighted by atomic mass is 10.3. The van der Waals surface area contributed by atoms with Gasteiger partial charge in [0.2, 0.25) is 0 Å². The largest absolute Gasteiger partial charge is 0.480 e. The Labute approximate surface area is 105 Å². The Morgan fingerprint density at radius 2 is 2.31 bits per heavy atom. The molecule has 6 heteroatoms. The number of aliphatic carboxylic acids is 1. The number of amides is 1. The second kappa shape index (κ2) is 5.81. The molecule has 0 aliphatic carbocycles. The molecule has 0 fully saturated rings. The lowest BCUT2D eigenvalue weighted by Crippen LogP contribution is -2.35. The van der Waals surface area contributed by atoms with Gasteiger partial charge in [0.15, 0.2) is 0 Å². The number of hydrogen-bond donors (Lipinski definition) is 1. The van der Waals surface area contributed by atoms with Gasteiger partial charge in [0.25, 0.3) is 5.91 Å². The summed E-state index contributed by atoms with van der Waals surface area (Å²) in [6.07, 6.45) is 1.50. The summed E-state index contributed by atoms with van der Waals surface area (Å²) in [6, 6.07) is 1.67. The Hall–Kier alpha value is -1.14. The molecule has 0 saturated heterocycles. The molecule has 1 N–H and O–H groups in total. The first-order chi connectivity index (χ1) is 7.54. The van der Waals surface area contributed by atoms with E-state index in [1.165, 1.54) is 22.3 Å². The average Bonchev–Trinajstić information content (AvgIpc) is 2.62. The highest BCUT2D eigenvalue weighted by atomic mass is 79.9. The van der Waals surface area contributed by atoms with E-state index in [9.17, 15) is 9.59 Å². The van der Waals surface area contributed by atoms with Crippen LogP contribution in [0.1, 0.15) is 10.4 Å². The number of rotatable bonds is 5. The van der Waals surface area contributed by atoms with Crippen LogP contribution in [0.3, 0.4) is 0 Å². The van der Waals surface area contributed by atoms with Gasteiger partial charge in [-0.25, -0.2) is 0 Å². The minimum absolute atomic E-state index is 0.221. The molecule has 1 heterocycles. The van der Waals surface area contributed by atoms with E-state index in [2.05, 4.69) is 22.5 Å². The van der Waals surface area contributed by atoms with E-state index in [1.54, 1.807) is 11.4 Å². The maximum atomic E-state index is 11.9. The Kier molecular flexibility index (Phi) is 4.70. The molecule has 1 aromatic rings. The second-order valence-corrected chi connectivity index (χ2v) is 5.30. The van der Waals surface area contributed by atoms with Crippen molar-refractivity contribution in [3.8, 4) is 0 Å². The monoisotopic (exact) mass is 303 g/mol. The average molecular weight is 304 g/mol. The van der Waals surface area contributed by atoms with E-state index in [4.69, 9.17) is 5.11 Å². The first-order valence-corrected chi connectivity index (χ1v) is 6.08. The van der Waals surface area contributed by atoms with Gasteiger partial charge < -0.3 is 10.0 Å². The highest BCUT2D eigenvalue weighted by Gasteiger charge is 2.18. The third-order valence-corrected chi connectivity index (χ3v) is 3.28. The highest BCUT2D eigenvalue weighted by Crippen LogP contribution is 2.21. The molecule has 1 aromatic heterocycles. The molecule has 86 valence electrons. The van der Waals surface area contributed by atoms with Gasteiger partial charge in [-0.15, -0.1) is 17.9 Å². The van der Waals surface area contributed by atoms with Crippen LogP contribution in [0.5, 0.6) is 0 Å². The zero-order valence-electron chi connectivity index (χ0n) is 8.35. The Morgan fingerprint density at radius 3 is 2.75 bits per heavy atom. The molecule has 0 spiro atoms. The van der Waals surface area contributed by atoms with E-state index in [1.807, 2.05) is 0 Å². The molecular weight excluding hydrogens is 294 g/mol. The third-order valence-electron chi connectivity index (χ3n) is 1.78. The van der Waals surface area contributed by atoms with Gasteiger partial charge in [-0.3, -0.25) is 9.59 Å². The van der Waals surface area contributed by atoms with Crippen LogP contribution in [-0.2, 0) is 4.79 Å². The van der Waals surface area contributed by atoms with Crippen LogP contribution in [0.2, 0.25) is 0 Å². The highest BCUT2D eigenvalue weighted by molar-refractivity contribution is 9.11. The van der Waals surface area contributed by atoms with E-state index < -0.39 is 5.97 Å². The fourth-order valence-corrected chi connectivity index (χ4v) is 2.27. The standard InChI is InChI=1S/C10H10BrNO3S/c1-2-3-12(5-9(13)14)10(15)7-4-8(11)16-6-7/h2,4,6H,1,3,5H2,(H,13,14). The number of carboxylic acid groups (broad SMARTS) is 1. The van der Waals surface area contributed by atoms with Crippen LogP contribution in [0.15, 0.2) is 27.9 Å². The van der Waals surface area contributed by atoms with Gasteiger partial charge in [-0.05, 0) is 22.0 Å². The number of thiophene rings is 1. The number of carboxylic acids is 1. The molecular formula is C10H10BrNO3S. The van der Waals surface area contributed by atoms with Gasteiger partial charge in [0.05, 0.1) is 9.35 Å². The Morgan fingerprint density at radius 1 is 1.62 bits per heavy atom. The topological polar surface area (TPSA) is 57.6 Å². The predicted molar refractivity (Wildman–Crippen MR) is 65.8 cm³/mol. The van der Waals surface area contributed by atoms with Crippen molar-refractivity contribution >= 4 is 39.1 Å². The molecule has 1 amide bonds. The summed E-state index contributed by atoms with van der Waals surface area (Å²) in [7, 11) is 0. The fraction of sp³-hybridized carbons (Fsp3) is 0.200. The minimum atomic E-state index is -1.04. The van der Waals surface area contributed by atoms with E-state index >= 15 is 0 Å². The third kappa shape index (κ3) is 3.46. The van der Waals surface area contributed by atoms with E-state index in [0.29, 0.717) is 5.56 Å². The molecule has 0 aliphatic heterocycles. The molecule has 0 atom stereocenters. The summed E-state index contributed by atoms with van der Waals surface area (Å²) < 4.78 is 0.838. The molecule has 0 bridgehead atoms. The summed E-state index contributed by atoms with van der Waals surface area (Å²) in [5.74, 6) is -1.34. The maximum absolute atomic E-state index is 11.9. The quantitative estimate of drug-likeness (QED) is 0.849. The van der Waals surface area contributed by atoms with Crippen molar-refractivity contribution in [1.82, 2.24) is 4.90 Å². The number of carbonyl (C=O) groups is 2. The summed E-state index contributed by atoms with van der Waals surface area (Å²) in [5.41, 5.74) is 0.486. The molecule has 0 aliphatic rings. The van der Waals surface area contributed by atoms with Crippen molar-refractivity contribution in [2.75, 3.05) is 13.1 Å². The van der Waals surface area contributed by atoms with Crippen molar-refractivity contribution in [3.63, 3.8) is 0 Å². The summed E-state index contributed by atoms with van der Waals surface area (Å²) in [4.78, 5) is 23.7. The van der Waals surface area contributed by atoms with Crippen molar-refractivity contribution < 1.29 is 14.7 Å². The van der Waals surface area contributed by atoms with Gasteiger partial charge >= 0.3 is 5.97 Å². The van der Waals surface area contributed by atoms with Crippen molar-refractivity contribution in [3.05, 3.63) is 33.5 Å². The molecule has 4 nitrogen and oxygen atoms in total. The predicted octanol–water partition coefficient (Wildman–Crippen LogP) is 2.22. The van der Waals surface area contributed by atoms with Crippen molar-refractivity contribution in [2.24, 2.45) is 0 Å². The van der Waals surface area contributed by atoms with Crippen LogP contribution >= 0.6 is 27.3 Å². The number of nitrogens with zero attached hydrogens (tertiary/aromatic N) is 1. The van der Waals surface area contributed by atoms with Crippen LogP contribution in [0.25, 0.3) is 0 Å². The van der Waals surface area contributed by atoms with Crippen LogP contribution in [0.4, 0.5) is 0 Å². The van der Waals surface area contributed by atoms with Gasteiger partial charge in [0.1, 0.15) is 6.54 Å². The molecule has 0 unspecified atom stereocenters. The van der Waals surface area contributed by atoms with E-state index in [-0.39, 0.29) is 19.0 Å². The van der Waals surface area contributed by atoms with Gasteiger partial charge in [0, 0.05) is 11.9 Å². The Bertz CT molecular complexity index is 416. The molecule has 0 aromatic carbocycles. The molecule has 0 saturated carbocycles. The first-order valence-electron chi connectivity index (χ1n) is 4.40. The lowest BCUT2D eigenvalue weighted by molar-refractivity contribution is -0.137. The van der Waals surface area contributed by atoms with Gasteiger partial charge in [-0.1, -0.05) is 6.08 Å². The lowest BCUT2D eigenvalue weighted by Gasteiger charge is -2.17. The second-order valence-electron chi connectivity index (χ2n) is 3.01. The van der Waals surface area contributed by atoms with Crippen molar-refractivity contribution in [2.45, 2.75) is 0 Å². The maximum Gasteiger partial charge on any atom is 0.323 e. The van der Waals surface area contributed by atoms with Crippen LogP contribution in [-0.4, -0.2) is 35.0 Å². The van der Waals surface area contributed by atoms with Crippen molar-refractivity contribution in [1.29, 1.82) is 0 Å². The summed E-state index contributed by atoms with van der Waals surface area (Å²) in [6.45, 7) is 3.40. The van der Waals surface area contributed by atoms with Gasteiger partial charge in [-0.2, -0.15) is 0 Å². The summed E-state index contributed by atoms with van der Waals surface area (Å²) >= 11 is 4.63. The molecule has 16 heavy (non-hydrogen) atoms. The van der Waals surface area contributed by atoms with Crippen LogP contribution in [0, 0.1) is 0 Å². The number of hydrogen-bond acceptors (Lipinski definition) is 3. The zero-order valence-corrected chi connectivity index (χ0v) is 10.8. The fourth-order valence-electron chi connectivity index (χ4n) is 1.14. The smallest absolute Gasteiger partial charge is 0.323 e. The van der Waals surface area contributed by atoms with E-state index in [0.717, 1.165) is 3.79 Å². The first kappa shape index (κ1) is 12.9. The SMILES string of the molecule is C=CCN(CC(=O)O)C(=O)c1csc(Br)c1. The number of carbonyl (C=O) groups excluding carboxylic acids is 1.